The molecule has 0 spiro atoms. The first kappa shape index (κ1) is 18.8. The highest BCUT2D eigenvalue weighted by Crippen LogP contribution is 2.35. The fraction of sp³-hybridized carbons (Fsp3) is 0.350. The summed E-state index contributed by atoms with van der Waals surface area (Å²) in [5.41, 5.74) is 5.99. The number of esters is 1. The lowest BCUT2D eigenvalue weighted by molar-refractivity contribution is 0.0601. The minimum atomic E-state index is -0.299. The van der Waals surface area contributed by atoms with Gasteiger partial charge >= 0.3 is 5.97 Å². The summed E-state index contributed by atoms with van der Waals surface area (Å²) in [5.74, 6) is -0.299. The first-order valence-electron chi connectivity index (χ1n) is 8.26. The van der Waals surface area contributed by atoms with Crippen LogP contribution in [0.1, 0.15) is 54.7 Å². The maximum atomic E-state index is 11.9. The standard InChI is InChI=1S/C16H15NO2.2C2H6/c1-10-7-12-9-11-5-3-4-6-14(11)17-15(12)13(8-10)16(18)19-2;2*1-2/h3-8,17H,9H2,1-2H3;2*1-2H3. The SMILES string of the molecule is CC.CC.COC(=O)c1cc(C)cc2c1Nc1ccccc1C2. The van der Waals surface area contributed by atoms with Gasteiger partial charge in [-0.25, -0.2) is 4.79 Å². The molecule has 0 fully saturated rings. The van der Waals surface area contributed by atoms with Crippen LogP contribution in [0.2, 0.25) is 0 Å². The molecule has 0 aliphatic carbocycles. The van der Waals surface area contributed by atoms with Crippen LogP contribution in [0.25, 0.3) is 0 Å². The number of aryl methyl sites for hydroxylation is 1. The molecular formula is C20H27NO2. The first-order valence-corrected chi connectivity index (χ1v) is 8.26. The summed E-state index contributed by atoms with van der Waals surface area (Å²) < 4.78 is 4.87. The quantitative estimate of drug-likeness (QED) is 0.604. The molecule has 124 valence electrons. The van der Waals surface area contributed by atoms with E-state index in [0.717, 1.165) is 28.9 Å². The molecule has 0 atom stereocenters. The van der Waals surface area contributed by atoms with E-state index in [1.54, 1.807) is 0 Å². The van der Waals surface area contributed by atoms with E-state index in [0.29, 0.717) is 5.56 Å². The lowest BCUT2D eigenvalue weighted by Crippen LogP contribution is -2.13. The molecule has 0 unspecified atom stereocenters. The maximum absolute atomic E-state index is 11.9. The average Bonchev–Trinajstić information content (AvgIpc) is 2.62. The highest BCUT2D eigenvalue weighted by Gasteiger charge is 2.21. The predicted molar refractivity (Wildman–Crippen MR) is 97.7 cm³/mol. The Morgan fingerprint density at radius 1 is 1.04 bits per heavy atom. The number of carbonyl (C=O) groups is 1. The minimum absolute atomic E-state index is 0.299. The average molecular weight is 313 g/mol. The van der Waals surface area contributed by atoms with Gasteiger partial charge in [0, 0.05) is 12.1 Å². The highest BCUT2D eigenvalue weighted by molar-refractivity contribution is 5.98. The fourth-order valence-corrected chi connectivity index (χ4v) is 2.56. The second kappa shape index (κ2) is 8.99. The Morgan fingerprint density at radius 2 is 1.70 bits per heavy atom. The molecule has 0 saturated heterocycles. The number of rotatable bonds is 1. The van der Waals surface area contributed by atoms with Crippen LogP contribution in [0.5, 0.6) is 0 Å². The fourth-order valence-electron chi connectivity index (χ4n) is 2.56. The largest absolute Gasteiger partial charge is 0.465 e. The number of anilines is 2. The van der Waals surface area contributed by atoms with Crippen molar-refractivity contribution in [2.45, 2.75) is 41.0 Å². The zero-order chi connectivity index (χ0) is 17.4. The van der Waals surface area contributed by atoms with Crippen molar-refractivity contribution in [2.24, 2.45) is 0 Å². The zero-order valence-corrected chi connectivity index (χ0v) is 15.0. The van der Waals surface area contributed by atoms with Gasteiger partial charge in [0.2, 0.25) is 0 Å². The summed E-state index contributed by atoms with van der Waals surface area (Å²) >= 11 is 0. The van der Waals surface area contributed by atoms with Gasteiger partial charge in [0.15, 0.2) is 0 Å². The van der Waals surface area contributed by atoms with E-state index >= 15 is 0 Å². The van der Waals surface area contributed by atoms with E-state index in [-0.39, 0.29) is 5.97 Å². The Kier molecular flexibility index (Phi) is 7.33. The highest BCUT2D eigenvalue weighted by atomic mass is 16.5. The van der Waals surface area contributed by atoms with Gasteiger partial charge in [0.25, 0.3) is 0 Å². The third-order valence-electron chi connectivity index (χ3n) is 3.43. The smallest absolute Gasteiger partial charge is 0.339 e. The van der Waals surface area contributed by atoms with Crippen molar-refractivity contribution in [3.05, 3.63) is 58.7 Å². The van der Waals surface area contributed by atoms with Crippen molar-refractivity contribution in [1.29, 1.82) is 0 Å². The van der Waals surface area contributed by atoms with Crippen LogP contribution in [0, 0.1) is 6.92 Å². The van der Waals surface area contributed by atoms with Crippen molar-refractivity contribution in [3.63, 3.8) is 0 Å². The summed E-state index contributed by atoms with van der Waals surface area (Å²) in [5, 5.41) is 3.35. The van der Waals surface area contributed by atoms with Crippen molar-refractivity contribution >= 4 is 17.3 Å². The molecule has 1 aliphatic heterocycles. The van der Waals surface area contributed by atoms with Crippen LogP contribution >= 0.6 is 0 Å². The molecule has 1 N–H and O–H groups in total. The molecule has 2 aromatic carbocycles. The van der Waals surface area contributed by atoms with E-state index in [4.69, 9.17) is 4.74 Å². The Bertz CT molecular complexity index is 663. The minimum Gasteiger partial charge on any atom is -0.465 e. The molecule has 0 amide bonds. The number of ether oxygens (including phenoxy) is 1. The lowest BCUT2D eigenvalue weighted by Gasteiger charge is -2.23. The third kappa shape index (κ3) is 4.13. The number of benzene rings is 2. The van der Waals surface area contributed by atoms with Crippen molar-refractivity contribution in [1.82, 2.24) is 0 Å². The molecule has 3 rings (SSSR count). The molecule has 0 bridgehead atoms. The second-order valence-corrected chi connectivity index (χ2v) is 4.80. The van der Waals surface area contributed by atoms with E-state index in [2.05, 4.69) is 17.4 Å². The van der Waals surface area contributed by atoms with Gasteiger partial charge in [-0.1, -0.05) is 52.0 Å². The van der Waals surface area contributed by atoms with Crippen LogP contribution in [0.3, 0.4) is 0 Å². The van der Waals surface area contributed by atoms with Crippen molar-refractivity contribution < 1.29 is 9.53 Å². The lowest BCUT2D eigenvalue weighted by atomic mass is 9.93. The number of para-hydroxylation sites is 1. The van der Waals surface area contributed by atoms with Crippen LogP contribution in [0.15, 0.2) is 36.4 Å². The molecule has 3 nitrogen and oxygen atoms in total. The molecule has 1 heterocycles. The van der Waals surface area contributed by atoms with Crippen molar-refractivity contribution in [2.75, 3.05) is 12.4 Å². The van der Waals surface area contributed by atoms with Crippen LogP contribution in [-0.4, -0.2) is 13.1 Å². The van der Waals surface area contributed by atoms with Gasteiger partial charge in [0.05, 0.1) is 18.4 Å². The number of methoxy groups -OCH3 is 1. The summed E-state index contributed by atoms with van der Waals surface area (Å²) in [6.07, 6.45) is 0.837. The first-order chi connectivity index (χ1) is 11.2. The summed E-state index contributed by atoms with van der Waals surface area (Å²) in [7, 11) is 1.41. The topological polar surface area (TPSA) is 38.3 Å². The number of hydrogen-bond donors (Lipinski definition) is 1. The number of carbonyl (C=O) groups excluding carboxylic acids is 1. The van der Waals surface area contributed by atoms with Gasteiger partial charge < -0.3 is 10.1 Å². The molecular weight excluding hydrogens is 286 g/mol. The van der Waals surface area contributed by atoms with Crippen LogP contribution in [0.4, 0.5) is 11.4 Å². The molecule has 2 aromatic rings. The van der Waals surface area contributed by atoms with E-state index in [9.17, 15) is 4.79 Å². The van der Waals surface area contributed by atoms with Gasteiger partial charge in [-0.2, -0.15) is 0 Å². The molecule has 0 aromatic heterocycles. The summed E-state index contributed by atoms with van der Waals surface area (Å²) in [6, 6.07) is 12.1. The maximum Gasteiger partial charge on any atom is 0.339 e. The summed E-state index contributed by atoms with van der Waals surface area (Å²) in [6.45, 7) is 9.99. The second-order valence-electron chi connectivity index (χ2n) is 4.80. The van der Waals surface area contributed by atoms with E-state index in [1.165, 1.54) is 12.7 Å². The summed E-state index contributed by atoms with van der Waals surface area (Å²) in [4.78, 5) is 11.9. The Balaban J connectivity index is 0.000000615. The molecule has 0 saturated carbocycles. The Hall–Kier alpha value is -2.29. The number of hydrogen-bond acceptors (Lipinski definition) is 3. The van der Waals surface area contributed by atoms with Gasteiger partial charge in [0.1, 0.15) is 0 Å². The van der Waals surface area contributed by atoms with Gasteiger partial charge in [-0.15, -0.1) is 0 Å². The number of nitrogens with one attached hydrogen (secondary N) is 1. The van der Waals surface area contributed by atoms with Crippen molar-refractivity contribution in [3.8, 4) is 0 Å². The van der Waals surface area contributed by atoms with E-state index < -0.39 is 0 Å². The third-order valence-corrected chi connectivity index (χ3v) is 3.43. The van der Waals surface area contributed by atoms with E-state index in [1.807, 2.05) is 58.9 Å². The molecule has 3 heteroatoms. The zero-order valence-electron chi connectivity index (χ0n) is 15.0. The number of fused-ring (bicyclic) bond motifs is 2. The van der Waals surface area contributed by atoms with Gasteiger partial charge in [-0.05, 0) is 35.7 Å². The normalized spacial score (nSPS) is 10.5. The Labute approximate surface area is 139 Å². The monoisotopic (exact) mass is 313 g/mol. The molecule has 0 radical (unpaired) electrons. The molecule has 1 aliphatic rings. The van der Waals surface area contributed by atoms with Gasteiger partial charge in [-0.3, -0.25) is 0 Å². The molecule has 23 heavy (non-hydrogen) atoms. The van der Waals surface area contributed by atoms with Crippen LogP contribution in [-0.2, 0) is 11.2 Å². The van der Waals surface area contributed by atoms with Crippen LogP contribution < -0.4 is 5.32 Å². The predicted octanol–water partition coefficient (Wildman–Crippen LogP) is 5.48. The Morgan fingerprint density at radius 3 is 2.35 bits per heavy atom.